The minimum absolute atomic E-state index is 0.0355. The van der Waals surface area contributed by atoms with E-state index < -0.39 is 16.2 Å². The zero-order valence-electron chi connectivity index (χ0n) is 13.6. The molecule has 1 aliphatic rings. The molecule has 1 aromatic carbocycles. The lowest BCUT2D eigenvalue weighted by Gasteiger charge is -2.35. The molecule has 0 bridgehead atoms. The van der Waals surface area contributed by atoms with Crippen LogP contribution in [0.3, 0.4) is 0 Å². The van der Waals surface area contributed by atoms with E-state index in [2.05, 4.69) is 0 Å². The Hall–Kier alpha value is -1.44. The number of aromatic carboxylic acids is 1. The van der Waals surface area contributed by atoms with E-state index in [4.69, 9.17) is 5.11 Å². The summed E-state index contributed by atoms with van der Waals surface area (Å²) in [5.41, 5.74) is 1.13. The summed E-state index contributed by atoms with van der Waals surface area (Å²) in [6.07, 6.45) is 1.65. The molecule has 1 heterocycles. The number of carboxylic acid groups (broad SMARTS) is 1. The second kappa shape index (κ2) is 7.42. The van der Waals surface area contributed by atoms with Crippen LogP contribution in [0.15, 0.2) is 24.3 Å². The van der Waals surface area contributed by atoms with Gasteiger partial charge >= 0.3 is 5.97 Å². The molecule has 0 radical (unpaired) electrons. The molecule has 1 aliphatic heterocycles. The zero-order chi connectivity index (χ0) is 17.0. The highest BCUT2D eigenvalue weighted by atomic mass is 32.2. The molecule has 1 N–H and O–H groups in total. The normalized spacial score (nSPS) is 19.9. The van der Waals surface area contributed by atoms with Gasteiger partial charge in [0.1, 0.15) is 0 Å². The van der Waals surface area contributed by atoms with Gasteiger partial charge in [0, 0.05) is 26.2 Å². The molecule has 0 aliphatic carbocycles. The van der Waals surface area contributed by atoms with Gasteiger partial charge in [0.25, 0.3) is 10.2 Å². The molecule has 0 saturated carbocycles. The maximum Gasteiger partial charge on any atom is 0.335 e. The number of carbonyl (C=O) groups is 1. The van der Waals surface area contributed by atoms with Crippen LogP contribution in [0.2, 0.25) is 0 Å². The van der Waals surface area contributed by atoms with Crippen LogP contribution in [0.25, 0.3) is 0 Å². The van der Waals surface area contributed by atoms with E-state index in [0.29, 0.717) is 26.2 Å². The maximum absolute atomic E-state index is 12.7. The quantitative estimate of drug-likeness (QED) is 0.861. The molecule has 0 spiro atoms. The van der Waals surface area contributed by atoms with Gasteiger partial charge in [-0.2, -0.15) is 17.0 Å². The van der Waals surface area contributed by atoms with E-state index in [9.17, 15) is 13.2 Å². The van der Waals surface area contributed by atoms with Gasteiger partial charge in [0.05, 0.1) is 5.56 Å². The first-order chi connectivity index (χ1) is 10.9. The van der Waals surface area contributed by atoms with Crippen LogP contribution in [0.1, 0.15) is 48.5 Å². The summed E-state index contributed by atoms with van der Waals surface area (Å²) < 4.78 is 28.3. The third-order valence-corrected chi connectivity index (χ3v) is 6.50. The zero-order valence-corrected chi connectivity index (χ0v) is 14.4. The third-order valence-electron chi connectivity index (χ3n) is 4.35. The third kappa shape index (κ3) is 3.91. The first-order valence-electron chi connectivity index (χ1n) is 7.98. The van der Waals surface area contributed by atoms with E-state index in [0.717, 1.165) is 18.4 Å². The fourth-order valence-corrected chi connectivity index (χ4v) is 4.77. The summed E-state index contributed by atoms with van der Waals surface area (Å²) in [6, 6.07) is 6.81. The van der Waals surface area contributed by atoms with Gasteiger partial charge in [0.15, 0.2) is 0 Å². The molecule has 0 amide bonds. The fourth-order valence-electron chi connectivity index (χ4n) is 3.06. The Morgan fingerprint density at radius 3 is 2.65 bits per heavy atom. The minimum atomic E-state index is -3.44. The van der Waals surface area contributed by atoms with Crippen molar-refractivity contribution in [1.82, 2.24) is 8.61 Å². The Kier molecular flexibility index (Phi) is 5.78. The van der Waals surface area contributed by atoms with Crippen molar-refractivity contribution in [1.29, 1.82) is 0 Å². The van der Waals surface area contributed by atoms with Crippen molar-refractivity contribution in [3.8, 4) is 0 Å². The predicted molar refractivity (Wildman–Crippen MR) is 88.8 cm³/mol. The second-order valence-electron chi connectivity index (χ2n) is 5.72. The maximum atomic E-state index is 12.7. The largest absolute Gasteiger partial charge is 0.478 e. The standard InChI is InChI=1S/C16H24N2O4S/c1-3-17(4-2)23(21,22)18-10-6-9-15(12-18)13-7-5-8-14(11-13)16(19)20/h5,7-8,11,15H,3-4,6,9-10,12H2,1-2H3,(H,19,20)/t15-/m0/s1. The van der Waals surface area contributed by atoms with Gasteiger partial charge in [0.2, 0.25) is 0 Å². The molecule has 1 fully saturated rings. The summed E-state index contributed by atoms with van der Waals surface area (Å²) >= 11 is 0. The Bertz CT molecular complexity index is 656. The first kappa shape index (κ1) is 17.9. The Labute approximate surface area is 137 Å². The first-order valence-corrected chi connectivity index (χ1v) is 9.38. The van der Waals surface area contributed by atoms with Gasteiger partial charge in [-0.3, -0.25) is 0 Å². The van der Waals surface area contributed by atoms with Gasteiger partial charge in [-0.1, -0.05) is 26.0 Å². The van der Waals surface area contributed by atoms with Crippen molar-refractivity contribution in [2.45, 2.75) is 32.6 Å². The number of hydrogen-bond acceptors (Lipinski definition) is 3. The fraction of sp³-hybridized carbons (Fsp3) is 0.562. The van der Waals surface area contributed by atoms with E-state index in [1.165, 1.54) is 8.61 Å². The Morgan fingerprint density at radius 2 is 2.04 bits per heavy atom. The summed E-state index contributed by atoms with van der Waals surface area (Å²) in [5.74, 6) is -0.927. The number of carboxylic acids is 1. The molecule has 128 valence electrons. The summed E-state index contributed by atoms with van der Waals surface area (Å²) in [4.78, 5) is 11.1. The number of benzene rings is 1. The average Bonchev–Trinajstić information content (AvgIpc) is 2.56. The van der Waals surface area contributed by atoms with E-state index in [1.54, 1.807) is 18.2 Å². The SMILES string of the molecule is CCN(CC)S(=O)(=O)N1CCC[C@H](c2cccc(C(=O)O)c2)C1. The number of hydrogen-bond donors (Lipinski definition) is 1. The smallest absolute Gasteiger partial charge is 0.335 e. The van der Waals surface area contributed by atoms with Crippen molar-refractivity contribution in [2.75, 3.05) is 26.2 Å². The highest BCUT2D eigenvalue weighted by molar-refractivity contribution is 7.86. The molecule has 7 heteroatoms. The summed E-state index contributed by atoms with van der Waals surface area (Å²) in [5, 5.41) is 9.11. The molecule has 1 atom stereocenters. The van der Waals surface area contributed by atoms with Crippen molar-refractivity contribution in [2.24, 2.45) is 0 Å². The average molecular weight is 340 g/mol. The summed E-state index contributed by atoms with van der Waals surface area (Å²) in [7, 11) is -3.44. The minimum Gasteiger partial charge on any atom is -0.478 e. The van der Waals surface area contributed by atoms with Crippen LogP contribution < -0.4 is 0 Å². The second-order valence-corrected chi connectivity index (χ2v) is 7.65. The van der Waals surface area contributed by atoms with Crippen LogP contribution in [-0.4, -0.2) is 54.3 Å². The molecule has 2 rings (SSSR count). The lowest BCUT2D eigenvalue weighted by molar-refractivity contribution is 0.0696. The van der Waals surface area contributed by atoms with E-state index >= 15 is 0 Å². The van der Waals surface area contributed by atoms with Crippen LogP contribution in [-0.2, 0) is 10.2 Å². The molecular formula is C16H24N2O4S. The van der Waals surface area contributed by atoms with Crippen LogP contribution in [0, 0.1) is 0 Å². The molecule has 1 saturated heterocycles. The highest BCUT2D eigenvalue weighted by Crippen LogP contribution is 2.29. The Balaban J connectivity index is 2.21. The van der Waals surface area contributed by atoms with Gasteiger partial charge in [-0.05, 0) is 36.5 Å². The van der Waals surface area contributed by atoms with Crippen LogP contribution >= 0.6 is 0 Å². The van der Waals surface area contributed by atoms with Gasteiger partial charge in [-0.15, -0.1) is 0 Å². The number of piperidine rings is 1. The number of nitrogens with zero attached hydrogens (tertiary/aromatic N) is 2. The lowest BCUT2D eigenvalue weighted by atomic mass is 9.91. The molecular weight excluding hydrogens is 316 g/mol. The monoisotopic (exact) mass is 340 g/mol. The van der Waals surface area contributed by atoms with E-state index in [-0.39, 0.29) is 11.5 Å². The molecule has 1 aromatic rings. The number of rotatable bonds is 6. The van der Waals surface area contributed by atoms with Crippen LogP contribution in [0.4, 0.5) is 0 Å². The van der Waals surface area contributed by atoms with E-state index in [1.807, 2.05) is 19.9 Å². The molecule has 0 aromatic heterocycles. The summed E-state index contributed by atoms with van der Waals surface area (Å²) in [6.45, 7) is 5.50. The Morgan fingerprint density at radius 1 is 1.35 bits per heavy atom. The van der Waals surface area contributed by atoms with Gasteiger partial charge in [-0.25, -0.2) is 4.79 Å². The van der Waals surface area contributed by atoms with Crippen molar-refractivity contribution in [3.05, 3.63) is 35.4 Å². The molecule has 0 unspecified atom stereocenters. The van der Waals surface area contributed by atoms with Gasteiger partial charge < -0.3 is 5.11 Å². The highest BCUT2D eigenvalue weighted by Gasteiger charge is 2.32. The van der Waals surface area contributed by atoms with Crippen LogP contribution in [0.5, 0.6) is 0 Å². The van der Waals surface area contributed by atoms with Crippen molar-refractivity contribution < 1.29 is 18.3 Å². The lowest BCUT2D eigenvalue weighted by Crippen LogP contribution is -2.47. The molecule has 23 heavy (non-hydrogen) atoms. The topological polar surface area (TPSA) is 77.9 Å². The predicted octanol–water partition coefficient (Wildman–Crippen LogP) is 2.15. The van der Waals surface area contributed by atoms with Crippen molar-refractivity contribution in [3.63, 3.8) is 0 Å². The van der Waals surface area contributed by atoms with Crippen molar-refractivity contribution >= 4 is 16.2 Å². The molecule has 6 nitrogen and oxygen atoms in total.